The molecule has 0 atom stereocenters. The van der Waals surface area contributed by atoms with Gasteiger partial charge in [-0.2, -0.15) is 10.2 Å². The Morgan fingerprint density at radius 2 is 1.25 bits per heavy atom. The summed E-state index contributed by atoms with van der Waals surface area (Å²) >= 11 is 12.3. The van der Waals surface area contributed by atoms with Crippen LogP contribution in [0.1, 0.15) is 22.3 Å². The lowest BCUT2D eigenvalue weighted by molar-refractivity contribution is -0.115. The third-order valence-corrected chi connectivity index (χ3v) is 7.80. The van der Waals surface area contributed by atoms with E-state index in [-0.39, 0.29) is 19.1 Å². The van der Waals surface area contributed by atoms with Gasteiger partial charge in [0.05, 0.1) is 26.2 Å². The van der Waals surface area contributed by atoms with Crippen molar-refractivity contribution in [3.8, 4) is 11.5 Å². The number of amides is 1. The number of benzene rings is 4. The second-order valence-corrected chi connectivity index (χ2v) is 12.2. The third kappa shape index (κ3) is 12.2. The molecule has 0 aliphatic rings. The molecule has 0 unspecified atom stereocenters. The highest BCUT2D eigenvalue weighted by atomic mass is 35.5. The summed E-state index contributed by atoms with van der Waals surface area (Å²) in [6, 6.07) is 34.5. The molecule has 6 rings (SSSR count). The molecule has 0 fully saturated rings. The zero-order valence-electron chi connectivity index (χ0n) is 27.8. The van der Waals surface area contributed by atoms with E-state index < -0.39 is 0 Å². The Kier molecular flexibility index (Phi) is 13.9. The van der Waals surface area contributed by atoms with E-state index in [2.05, 4.69) is 20.8 Å². The zero-order valence-corrected chi connectivity index (χ0v) is 29.3. The van der Waals surface area contributed by atoms with Crippen LogP contribution in [0.5, 0.6) is 11.5 Å². The van der Waals surface area contributed by atoms with Gasteiger partial charge in [-0.3, -0.25) is 14.2 Å². The van der Waals surface area contributed by atoms with Gasteiger partial charge in [0.2, 0.25) is 5.91 Å². The number of aromatic nitrogens is 4. The van der Waals surface area contributed by atoms with E-state index in [1.54, 1.807) is 33.8 Å². The standard InChI is InChI=1S/C21H23ClN4O3.C17H16ClN3O/c22-18-6-7-19(29-15-16-4-2-1-3-5-16)17(12-18)14-26-10-8-20(25-26)24-21(28)13-23-9-11-27;18-15-6-7-16(22-12-13-4-2-1-3-5-13)14(10-15)11-21-9-8-17(19)20-21/h1-8,10,12,23,27H,9,11,13-15H2,(H,24,25,28);1-10H,11-12H2,(H2,19,20). The van der Waals surface area contributed by atoms with Gasteiger partial charge >= 0.3 is 0 Å². The van der Waals surface area contributed by atoms with Crippen LogP contribution >= 0.6 is 23.2 Å². The molecule has 264 valence electrons. The fourth-order valence-electron chi connectivity index (χ4n) is 4.89. The number of nitrogens with one attached hydrogen (secondary N) is 2. The minimum absolute atomic E-state index is 0.0176. The lowest BCUT2D eigenvalue weighted by Crippen LogP contribution is -2.30. The van der Waals surface area contributed by atoms with E-state index in [1.165, 1.54) is 0 Å². The minimum atomic E-state index is -0.224. The molecule has 4 aromatic carbocycles. The number of ether oxygens (including phenoxy) is 2. The molecule has 0 bridgehead atoms. The highest BCUT2D eigenvalue weighted by molar-refractivity contribution is 6.31. The molecular formula is C38H39Cl2N7O4. The summed E-state index contributed by atoms with van der Waals surface area (Å²) in [7, 11) is 0. The molecule has 2 aromatic heterocycles. The first-order valence-corrected chi connectivity index (χ1v) is 16.9. The van der Waals surface area contributed by atoms with Gasteiger partial charge in [0.15, 0.2) is 5.82 Å². The van der Waals surface area contributed by atoms with Gasteiger partial charge in [0.1, 0.15) is 30.5 Å². The van der Waals surface area contributed by atoms with E-state index in [9.17, 15) is 4.79 Å². The van der Waals surface area contributed by atoms with Gasteiger partial charge in [0.25, 0.3) is 0 Å². The first-order chi connectivity index (χ1) is 24.8. The number of halogens is 2. The van der Waals surface area contributed by atoms with E-state index in [0.717, 1.165) is 33.8 Å². The molecule has 0 saturated carbocycles. The number of nitrogens with two attached hydrogens (primary N) is 1. The molecule has 11 nitrogen and oxygen atoms in total. The van der Waals surface area contributed by atoms with E-state index in [4.69, 9.17) is 43.5 Å². The highest BCUT2D eigenvalue weighted by Gasteiger charge is 2.10. The third-order valence-electron chi connectivity index (χ3n) is 7.33. The fourth-order valence-corrected chi connectivity index (χ4v) is 5.28. The van der Waals surface area contributed by atoms with E-state index in [1.807, 2.05) is 97.2 Å². The van der Waals surface area contributed by atoms with Crippen molar-refractivity contribution in [1.82, 2.24) is 24.9 Å². The maximum absolute atomic E-state index is 11.8. The number of carbonyl (C=O) groups is 1. The van der Waals surface area contributed by atoms with Crippen LogP contribution in [0.3, 0.4) is 0 Å². The Balaban J connectivity index is 0.000000205. The van der Waals surface area contributed by atoms with Crippen molar-refractivity contribution in [2.45, 2.75) is 26.3 Å². The second-order valence-electron chi connectivity index (χ2n) is 11.3. The summed E-state index contributed by atoms with van der Waals surface area (Å²) in [6.45, 7) is 2.43. The lowest BCUT2D eigenvalue weighted by Gasteiger charge is -2.12. The number of aliphatic hydroxyl groups excluding tert-OH is 1. The van der Waals surface area contributed by atoms with Crippen molar-refractivity contribution < 1.29 is 19.4 Å². The summed E-state index contributed by atoms with van der Waals surface area (Å²) in [5, 5.41) is 24.1. The fraction of sp³-hybridized carbons (Fsp3) is 0.184. The van der Waals surface area contributed by atoms with Crippen molar-refractivity contribution in [2.75, 3.05) is 30.7 Å². The van der Waals surface area contributed by atoms with Crippen LogP contribution < -0.4 is 25.8 Å². The first-order valence-electron chi connectivity index (χ1n) is 16.2. The predicted molar refractivity (Wildman–Crippen MR) is 200 cm³/mol. The molecule has 2 heterocycles. The minimum Gasteiger partial charge on any atom is -0.489 e. The number of aliphatic hydroxyl groups is 1. The van der Waals surface area contributed by atoms with Crippen LogP contribution in [0.4, 0.5) is 11.6 Å². The molecule has 0 saturated heterocycles. The molecule has 0 aliphatic heterocycles. The van der Waals surface area contributed by atoms with Crippen molar-refractivity contribution in [1.29, 1.82) is 0 Å². The Morgan fingerprint density at radius 3 is 1.76 bits per heavy atom. The molecule has 6 aromatic rings. The van der Waals surface area contributed by atoms with Gasteiger partial charge < -0.3 is 30.9 Å². The van der Waals surface area contributed by atoms with Crippen molar-refractivity contribution in [3.63, 3.8) is 0 Å². The van der Waals surface area contributed by atoms with Crippen molar-refractivity contribution in [2.24, 2.45) is 0 Å². The molecule has 13 heteroatoms. The van der Waals surface area contributed by atoms with Crippen LogP contribution in [-0.4, -0.2) is 50.3 Å². The summed E-state index contributed by atoms with van der Waals surface area (Å²) in [5.41, 5.74) is 9.69. The Hall–Kier alpha value is -5.33. The Morgan fingerprint density at radius 1 is 0.725 bits per heavy atom. The molecule has 1 amide bonds. The maximum atomic E-state index is 11.8. The van der Waals surface area contributed by atoms with Gasteiger partial charge in [0, 0.05) is 46.2 Å². The second kappa shape index (κ2) is 19.2. The average Bonchev–Trinajstić information content (AvgIpc) is 3.76. The van der Waals surface area contributed by atoms with Crippen LogP contribution in [0.25, 0.3) is 0 Å². The topological polar surface area (TPSA) is 141 Å². The molecule has 0 radical (unpaired) electrons. The summed E-state index contributed by atoms with van der Waals surface area (Å²) in [4.78, 5) is 11.8. The summed E-state index contributed by atoms with van der Waals surface area (Å²) < 4.78 is 15.4. The summed E-state index contributed by atoms with van der Waals surface area (Å²) in [5.74, 6) is 2.25. The number of carbonyl (C=O) groups excluding carboxylic acids is 1. The predicted octanol–water partition coefficient (Wildman–Crippen LogP) is 6.43. The van der Waals surface area contributed by atoms with Crippen LogP contribution in [0.2, 0.25) is 10.0 Å². The number of hydrogen-bond donors (Lipinski definition) is 4. The highest BCUT2D eigenvalue weighted by Crippen LogP contribution is 2.26. The Bertz CT molecular complexity index is 1970. The van der Waals surface area contributed by atoms with Gasteiger partial charge in [-0.25, -0.2) is 0 Å². The van der Waals surface area contributed by atoms with Crippen LogP contribution in [0.15, 0.2) is 122 Å². The number of hydrogen-bond acceptors (Lipinski definition) is 8. The number of nitrogen functional groups attached to an aromatic ring is 1. The molecule has 0 aliphatic carbocycles. The number of anilines is 2. The quantitative estimate of drug-likeness (QED) is 0.0888. The smallest absolute Gasteiger partial charge is 0.239 e. The van der Waals surface area contributed by atoms with Crippen molar-refractivity contribution >= 4 is 40.7 Å². The lowest BCUT2D eigenvalue weighted by atomic mass is 10.2. The van der Waals surface area contributed by atoms with Gasteiger partial charge in [-0.05, 0) is 53.6 Å². The first kappa shape index (κ1) is 36.9. The van der Waals surface area contributed by atoms with Gasteiger partial charge in [-0.1, -0.05) is 83.9 Å². The normalized spacial score (nSPS) is 10.6. The molecular weight excluding hydrogens is 689 g/mol. The molecule has 5 N–H and O–H groups in total. The molecule has 0 spiro atoms. The number of nitrogens with zero attached hydrogens (tertiary/aromatic N) is 4. The largest absolute Gasteiger partial charge is 0.489 e. The van der Waals surface area contributed by atoms with Gasteiger partial charge in [-0.15, -0.1) is 0 Å². The average molecular weight is 729 g/mol. The zero-order chi connectivity index (χ0) is 35.8. The molecule has 51 heavy (non-hydrogen) atoms. The Labute approximate surface area is 306 Å². The number of rotatable bonds is 15. The van der Waals surface area contributed by atoms with Crippen LogP contribution in [-0.2, 0) is 31.1 Å². The monoisotopic (exact) mass is 727 g/mol. The summed E-state index contributed by atoms with van der Waals surface area (Å²) in [6.07, 6.45) is 3.61. The van der Waals surface area contributed by atoms with E-state index >= 15 is 0 Å². The van der Waals surface area contributed by atoms with Crippen molar-refractivity contribution in [3.05, 3.63) is 154 Å². The maximum Gasteiger partial charge on any atom is 0.239 e. The van der Waals surface area contributed by atoms with Crippen LogP contribution in [0, 0.1) is 0 Å². The SMILES string of the molecule is Nc1ccn(Cc2cc(Cl)ccc2OCc2ccccc2)n1.O=C(CNCCO)Nc1ccn(Cc2cc(Cl)ccc2OCc2ccccc2)n1. The van der Waals surface area contributed by atoms with E-state index in [0.29, 0.717) is 54.5 Å².